The van der Waals surface area contributed by atoms with E-state index in [-0.39, 0.29) is 59.5 Å². The number of hydrogen-bond acceptors (Lipinski definition) is 8. The Balaban J connectivity index is 1.58. The SMILES string of the molecule is NCCN1CCN(C(=O)NC(C(=O)NC2Cc3cccc(C(=O)O)c3OB2O)c2c(Cl)cccc2Cl)C(=O)C1=O. The second-order valence-electron chi connectivity index (χ2n) is 8.98. The van der Waals surface area contributed by atoms with Crippen LogP contribution < -0.4 is 21.0 Å². The lowest BCUT2D eigenvalue weighted by Gasteiger charge is -2.34. The van der Waals surface area contributed by atoms with E-state index >= 15 is 0 Å². The summed E-state index contributed by atoms with van der Waals surface area (Å²) in [5.74, 6) is -5.21. The van der Waals surface area contributed by atoms with Crippen molar-refractivity contribution in [2.75, 3.05) is 26.2 Å². The van der Waals surface area contributed by atoms with Crippen LogP contribution in [0.2, 0.25) is 10.0 Å². The maximum Gasteiger partial charge on any atom is 0.547 e. The average molecular weight is 592 g/mol. The van der Waals surface area contributed by atoms with Crippen LogP contribution in [0.1, 0.15) is 27.5 Å². The van der Waals surface area contributed by atoms with Crippen molar-refractivity contribution in [1.82, 2.24) is 20.4 Å². The molecule has 2 aliphatic heterocycles. The van der Waals surface area contributed by atoms with Crippen molar-refractivity contribution < 1.29 is 38.8 Å². The van der Waals surface area contributed by atoms with Crippen molar-refractivity contribution in [3.05, 3.63) is 63.1 Å². The van der Waals surface area contributed by atoms with Gasteiger partial charge in [0.25, 0.3) is 0 Å². The standard InChI is InChI=1S/C24H24BCl2N5O8/c26-14-5-2-6-15(27)17(14)18(30-24(38)32-10-9-31(8-7-28)21(34)22(32)35)20(33)29-16-11-12-3-1-4-13(23(36)37)19(12)40-25(16)39/h1-6,16,18,39H,7-11,28H2,(H,29,33)(H,30,38)(H,36,37). The molecule has 2 unspecified atom stereocenters. The van der Waals surface area contributed by atoms with Gasteiger partial charge < -0.3 is 36.1 Å². The molecule has 2 atom stereocenters. The molecule has 6 N–H and O–H groups in total. The van der Waals surface area contributed by atoms with E-state index in [2.05, 4.69) is 10.6 Å². The fourth-order valence-corrected chi connectivity index (χ4v) is 5.09. The van der Waals surface area contributed by atoms with E-state index in [0.29, 0.717) is 10.5 Å². The first-order valence-electron chi connectivity index (χ1n) is 12.1. The molecule has 2 aromatic carbocycles. The summed E-state index contributed by atoms with van der Waals surface area (Å²) in [5, 5.41) is 25.0. The lowest BCUT2D eigenvalue weighted by atomic mass is 9.72. The minimum atomic E-state index is -1.63. The van der Waals surface area contributed by atoms with E-state index in [0.717, 1.165) is 0 Å². The van der Waals surface area contributed by atoms with Crippen LogP contribution in [0.3, 0.4) is 0 Å². The van der Waals surface area contributed by atoms with Crippen molar-refractivity contribution in [3.8, 4) is 5.75 Å². The summed E-state index contributed by atoms with van der Waals surface area (Å²) >= 11 is 12.7. The topological polar surface area (TPSA) is 192 Å². The van der Waals surface area contributed by atoms with E-state index in [1.807, 2.05) is 0 Å². The number of imide groups is 1. The number of urea groups is 1. The number of carboxylic acids is 1. The summed E-state index contributed by atoms with van der Waals surface area (Å²) in [6.45, 7) is 0.196. The van der Waals surface area contributed by atoms with Crippen LogP contribution in [0.4, 0.5) is 4.79 Å². The van der Waals surface area contributed by atoms with Gasteiger partial charge in [0.05, 0.1) is 11.5 Å². The van der Waals surface area contributed by atoms with Gasteiger partial charge in [-0.3, -0.25) is 19.3 Å². The molecule has 0 aromatic heterocycles. The van der Waals surface area contributed by atoms with Gasteiger partial charge in [0.1, 0.15) is 11.8 Å². The van der Waals surface area contributed by atoms with E-state index in [1.54, 1.807) is 6.07 Å². The quantitative estimate of drug-likeness (QED) is 0.221. The van der Waals surface area contributed by atoms with Crippen molar-refractivity contribution in [3.63, 3.8) is 0 Å². The normalized spacial score (nSPS) is 17.6. The number of nitrogens with two attached hydrogens (primary N) is 1. The molecule has 40 heavy (non-hydrogen) atoms. The van der Waals surface area contributed by atoms with Gasteiger partial charge in [-0.25, -0.2) is 9.59 Å². The molecule has 0 aliphatic carbocycles. The third-order valence-corrected chi connectivity index (χ3v) is 7.11. The number of carbonyl (C=O) groups excluding carboxylic acids is 4. The molecule has 1 saturated heterocycles. The monoisotopic (exact) mass is 591 g/mol. The van der Waals surface area contributed by atoms with Crippen LogP contribution in [0.25, 0.3) is 0 Å². The maximum absolute atomic E-state index is 13.6. The fraction of sp³-hybridized carbons (Fsp3) is 0.292. The average Bonchev–Trinajstić information content (AvgIpc) is 2.90. The van der Waals surface area contributed by atoms with Crippen LogP contribution in [0.15, 0.2) is 36.4 Å². The second-order valence-corrected chi connectivity index (χ2v) is 9.80. The number of piperazine rings is 1. The minimum Gasteiger partial charge on any atom is -0.534 e. The first-order chi connectivity index (χ1) is 19.0. The molecule has 4 rings (SSSR count). The highest BCUT2D eigenvalue weighted by molar-refractivity contribution is 6.47. The van der Waals surface area contributed by atoms with Gasteiger partial charge in [0.15, 0.2) is 0 Å². The van der Waals surface area contributed by atoms with Crippen molar-refractivity contribution in [1.29, 1.82) is 0 Å². The Bertz CT molecular complexity index is 1360. The summed E-state index contributed by atoms with van der Waals surface area (Å²) in [7, 11) is -1.63. The Morgan fingerprint density at radius 3 is 2.42 bits per heavy atom. The molecular formula is C24H24BCl2N5O8. The van der Waals surface area contributed by atoms with Crippen LogP contribution in [-0.4, -0.2) is 88.9 Å². The van der Waals surface area contributed by atoms with E-state index in [4.69, 9.17) is 33.6 Å². The minimum absolute atomic E-state index is 0.00360. The number of rotatable bonds is 7. The zero-order valence-corrected chi connectivity index (χ0v) is 22.3. The van der Waals surface area contributed by atoms with Gasteiger partial charge in [0.2, 0.25) is 5.91 Å². The van der Waals surface area contributed by atoms with Gasteiger partial charge in [-0.2, -0.15) is 0 Å². The van der Waals surface area contributed by atoms with Crippen LogP contribution >= 0.6 is 23.2 Å². The van der Waals surface area contributed by atoms with Crippen molar-refractivity contribution in [2.45, 2.75) is 18.4 Å². The number of carbonyl (C=O) groups is 5. The van der Waals surface area contributed by atoms with Gasteiger partial charge in [-0.1, -0.05) is 41.4 Å². The van der Waals surface area contributed by atoms with Gasteiger partial charge in [-0.05, 0) is 30.2 Å². The number of amides is 5. The molecule has 13 nitrogen and oxygen atoms in total. The number of benzene rings is 2. The largest absolute Gasteiger partial charge is 0.547 e. The number of hydrogen-bond donors (Lipinski definition) is 5. The third-order valence-electron chi connectivity index (χ3n) is 6.45. The molecule has 2 aromatic rings. The zero-order chi connectivity index (χ0) is 29.1. The van der Waals surface area contributed by atoms with Crippen LogP contribution in [-0.2, 0) is 20.8 Å². The van der Waals surface area contributed by atoms with Gasteiger partial charge in [-0.15, -0.1) is 0 Å². The number of nitrogens with zero attached hydrogens (tertiary/aromatic N) is 2. The predicted octanol–water partition coefficient (Wildman–Crippen LogP) is 0.211. The Labute approximate surface area is 238 Å². The lowest BCUT2D eigenvalue weighted by Crippen LogP contribution is -2.60. The Morgan fingerprint density at radius 2 is 1.77 bits per heavy atom. The Kier molecular flexibility index (Phi) is 8.84. The number of aromatic carboxylic acids is 1. The van der Waals surface area contributed by atoms with Crippen molar-refractivity contribution >= 4 is 60.0 Å². The smallest absolute Gasteiger partial charge is 0.534 e. The molecule has 0 radical (unpaired) electrons. The predicted molar refractivity (Wildman–Crippen MR) is 143 cm³/mol. The molecule has 0 saturated carbocycles. The summed E-state index contributed by atoms with van der Waals surface area (Å²) in [5.41, 5.74) is 5.75. The highest BCUT2D eigenvalue weighted by atomic mass is 35.5. The number of nitrogens with one attached hydrogen (secondary N) is 2. The molecular weight excluding hydrogens is 568 g/mol. The molecule has 2 aliphatic rings. The highest BCUT2D eigenvalue weighted by Gasteiger charge is 2.41. The summed E-state index contributed by atoms with van der Waals surface area (Å²) in [4.78, 5) is 65.1. The first-order valence-corrected chi connectivity index (χ1v) is 12.8. The number of para-hydroxylation sites is 1. The second kappa shape index (κ2) is 12.1. The molecule has 2 heterocycles. The molecule has 0 bridgehead atoms. The molecule has 210 valence electrons. The molecule has 5 amide bonds. The molecule has 1 fully saturated rings. The summed E-state index contributed by atoms with van der Waals surface area (Å²) in [6, 6.07) is 6.22. The van der Waals surface area contributed by atoms with Gasteiger partial charge >= 0.3 is 30.9 Å². The van der Waals surface area contributed by atoms with Crippen molar-refractivity contribution in [2.24, 2.45) is 5.73 Å². The number of carboxylic acid groups (broad SMARTS) is 1. The zero-order valence-electron chi connectivity index (χ0n) is 20.8. The number of fused-ring (bicyclic) bond motifs is 1. The Morgan fingerprint density at radius 1 is 1.10 bits per heavy atom. The highest BCUT2D eigenvalue weighted by Crippen LogP contribution is 2.33. The lowest BCUT2D eigenvalue weighted by molar-refractivity contribution is -0.153. The number of halogens is 2. The summed E-state index contributed by atoms with van der Waals surface area (Å²) in [6.07, 6.45) is -0.00360. The maximum atomic E-state index is 13.6. The first kappa shape index (κ1) is 29.1. The van der Waals surface area contributed by atoms with E-state index in [1.165, 1.54) is 35.2 Å². The summed E-state index contributed by atoms with van der Waals surface area (Å²) < 4.78 is 5.42. The fourth-order valence-electron chi connectivity index (χ4n) is 4.48. The third kappa shape index (κ3) is 5.84. The molecule has 0 spiro atoms. The Hall–Kier alpha value is -3.85. The molecule has 16 heteroatoms. The van der Waals surface area contributed by atoms with E-state index < -0.39 is 48.8 Å². The van der Waals surface area contributed by atoms with Crippen LogP contribution in [0.5, 0.6) is 5.75 Å². The van der Waals surface area contributed by atoms with E-state index in [9.17, 15) is 34.1 Å². The van der Waals surface area contributed by atoms with Gasteiger partial charge in [0, 0.05) is 41.8 Å². The van der Waals surface area contributed by atoms with Crippen LogP contribution in [0, 0.1) is 0 Å².